The molecule has 1 aromatic heterocycles. The number of nitrogens with zero attached hydrogens (tertiary/aromatic N) is 1. The van der Waals surface area contributed by atoms with Crippen LogP contribution in [0.25, 0.3) is 10.9 Å². The highest BCUT2D eigenvalue weighted by molar-refractivity contribution is 5.98. The lowest BCUT2D eigenvalue weighted by Crippen LogP contribution is -2.24. The summed E-state index contributed by atoms with van der Waals surface area (Å²) in [5, 5.41) is 7.87. The van der Waals surface area contributed by atoms with Crippen molar-refractivity contribution in [3.8, 4) is 0 Å². The van der Waals surface area contributed by atoms with E-state index in [0.717, 1.165) is 22.0 Å². The maximum atomic E-state index is 12.5. The van der Waals surface area contributed by atoms with Gasteiger partial charge in [-0.15, -0.1) is 0 Å². The molecular formula is C21H22N2O3. The van der Waals surface area contributed by atoms with Crippen LogP contribution in [0.4, 0.5) is 0 Å². The van der Waals surface area contributed by atoms with Crippen molar-refractivity contribution in [1.82, 2.24) is 10.2 Å². The zero-order chi connectivity index (χ0) is 18.7. The molecule has 2 aromatic carbocycles. The van der Waals surface area contributed by atoms with E-state index in [0.29, 0.717) is 12.0 Å². The van der Waals surface area contributed by atoms with Gasteiger partial charge in [0, 0.05) is 17.4 Å². The standard InChI is InChI=1S/C21H22N2O3/c1-21(2,3)26-20(25)12-14-4-7-16(8-5-14)19(24)11-15-6-9-18-17(10-15)13-22-23-18/h4-10,13H,11-12H2,1-3H3,(H,22,23). The number of carbonyl (C=O) groups excluding carboxylic acids is 2. The van der Waals surface area contributed by atoms with E-state index in [2.05, 4.69) is 10.2 Å². The van der Waals surface area contributed by atoms with Gasteiger partial charge in [0.05, 0.1) is 18.1 Å². The van der Waals surface area contributed by atoms with E-state index >= 15 is 0 Å². The number of hydrogen-bond donors (Lipinski definition) is 1. The first kappa shape index (κ1) is 17.9. The quantitative estimate of drug-likeness (QED) is 0.560. The second-order valence-electron chi connectivity index (χ2n) is 7.35. The van der Waals surface area contributed by atoms with Crippen molar-refractivity contribution >= 4 is 22.7 Å². The first-order valence-electron chi connectivity index (χ1n) is 8.56. The molecule has 0 spiro atoms. The predicted molar refractivity (Wildman–Crippen MR) is 100 cm³/mol. The lowest BCUT2D eigenvalue weighted by molar-refractivity contribution is -0.153. The number of rotatable bonds is 5. The van der Waals surface area contributed by atoms with Crippen molar-refractivity contribution in [2.24, 2.45) is 0 Å². The van der Waals surface area contributed by atoms with Gasteiger partial charge in [-0.3, -0.25) is 14.7 Å². The van der Waals surface area contributed by atoms with Crippen LogP contribution in [-0.2, 0) is 22.4 Å². The molecule has 0 saturated carbocycles. The van der Waals surface area contributed by atoms with E-state index in [1.807, 2.05) is 39.0 Å². The first-order valence-corrected chi connectivity index (χ1v) is 8.56. The minimum atomic E-state index is -0.497. The fourth-order valence-electron chi connectivity index (χ4n) is 2.74. The van der Waals surface area contributed by atoms with Gasteiger partial charge in [0.25, 0.3) is 0 Å². The van der Waals surface area contributed by atoms with Crippen molar-refractivity contribution in [3.63, 3.8) is 0 Å². The molecule has 0 atom stereocenters. The number of benzene rings is 2. The summed E-state index contributed by atoms with van der Waals surface area (Å²) in [4.78, 5) is 24.4. The van der Waals surface area contributed by atoms with Crippen LogP contribution >= 0.6 is 0 Å². The van der Waals surface area contributed by atoms with Crippen LogP contribution in [0.3, 0.4) is 0 Å². The third kappa shape index (κ3) is 4.57. The molecule has 134 valence electrons. The normalized spacial score (nSPS) is 11.5. The summed E-state index contributed by atoms with van der Waals surface area (Å²) in [5.74, 6) is -0.235. The number of ketones is 1. The number of ether oxygens (including phenoxy) is 1. The fourth-order valence-corrected chi connectivity index (χ4v) is 2.74. The van der Waals surface area contributed by atoms with E-state index in [-0.39, 0.29) is 18.2 Å². The van der Waals surface area contributed by atoms with Gasteiger partial charge in [-0.2, -0.15) is 5.10 Å². The molecule has 0 amide bonds. The Morgan fingerprint density at radius 2 is 1.69 bits per heavy atom. The van der Waals surface area contributed by atoms with Crippen molar-refractivity contribution in [3.05, 3.63) is 65.4 Å². The van der Waals surface area contributed by atoms with Crippen LogP contribution in [0.2, 0.25) is 0 Å². The Kier molecular flexibility index (Phi) is 4.89. The Bertz CT molecular complexity index is 934. The van der Waals surface area contributed by atoms with Crippen LogP contribution in [0.15, 0.2) is 48.7 Å². The summed E-state index contributed by atoms with van der Waals surface area (Å²) < 4.78 is 5.31. The molecule has 0 fully saturated rings. The van der Waals surface area contributed by atoms with E-state index < -0.39 is 5.60 Å². The average Bonchev–Trinajstić information content (AvgIpc) is 3.01. The molecule has 0 saturated heterocycles. The Morgan fingerprint density at radius 3 is 2.38 bits per heavy atom. The monoisotopic (exact) mass is 350 g/mol. The molecule has 3 rings (SSSR count). The Labute approximate surface area is 152 Å². The molecule has 5 nitrogen and oxygen atoms in total. The number of esters is 1. The van der Waals surface area contributed by atoms with Gasteiger partial charge < -0.3 is 4.74 Å². The summed E-state index contributed by atoms with van der Waals surface area (Å²) in [6.45, 7) is 5.52. The van der Waals surface area contributed by atoms with Gasteiger partial charge in [-0.25, -0.2) is 0 Å². The number of fused-ring (bicyclic) bond motifs is 1. The molecule has 0 unspecified atom stereocenters. The number of aromatic amines is 1. The number of carbonyl (C=O) groups is 2. The SMILES string of the molecule is CC(C)(C)OC(=O)Cc1ccc(C(=O)Cc2ccc3[nH]ncc3c2)cc1. The van der Waals surface area contributed by atoms with Crippen molar-refractivity contribution in [1.29, 1.82) is 0 Å². The van der Waals surface area contributed by atoms with Crippen LogP contribution in [0, 0.1) is 0 Å². The van der Waals surface area contributed by atoms with E-state index in [9.17, 15) is 9.59 Å². The molecule has 1 N–H and O–H groups in total. The highest BCUT2D eigenvalue weighted by Gasteiger charge is 2.16. The first-order chi connectivity index (χ1) is 12.3. The van der Waals surface area contributed by atoms with Crippen molar-refractivity contribution in [2.75, 3.05) is 0 Å². The van der Waals surface area contributed by atoms with Gasteiger partial charge in [0.15, 0.2) is 5.78 Å². The minimum Gasteiger partial charge on any atom is -0.460 e. The second-order valence-corrected chi connectivity index (χ2v) is 7.35. The lowest BCUT2D eigenvalue weighted by atomic mass is 10.0. The summed E-state index contributed by atoms with van der Waals surface area (Å²) in [5.41, 5.74) is 2.86. The van der Waals surface area contributed by atoms with Gasteiger partial charge in [0.1, 0.15) is 5.60 Å². The second kappa shape index (κ2) is 7.12. The largest absolute Gasteiger partial charge is 0.460 e. The highest BCUT2D eigenvalue weighted by atomic mass is 16.6. The van der Waals surface area contributed by atoms with E-state index in [1.165, 1.54) is 0 Å². The molecule has 0 aliphatic heterocycles. The number of nitrogens with one attached hydrogen (secondary N) is 1. The molecule has 26 heavy (non-hydrogen) atoms. The third-order valence-corrected chi connectivity index (χ3v) is 3.91. The van der Waals surface area contributed by atoms with Gasteiger partial charge >= 0.3 is 5.97 Å². The predicted octanol–water partition coefficient (Wildman–Crippen LogP) is 3.87. The van der Waals surface area contributed by atoms with Gasteiger partial charge in [0.2, 0.25) is 0 Å². The minimum absolute atomic E-state index is 0.0386. The molecule has 0 aliphatic carbocycles. The van der Waals surface area contributed by atoms with Crippen LogP contribution < -0.4 is 0 Å². The third-order valence-electron chi connectivity index (χ3n) is 3.91. The molecule has 3 aromatic rings. The summed E-state index contributed by atoms with van der Waals surface area (Å²) in [7, 11) is 0. The zero-order valence-electron chi connectivity index (χ0n) is 15.2. The lowest BCUT2D eigenvalue weighted by Gasteiger charge is -2.19. The van der Waals surface area contributed by atoms with Crippen LogP contribution in [-0.4, -0.2) is 27.6 Å². The smallest absolute Gasteiger partial charge is 0.310 e. The molecular weight excluding hydrogens is 328 g/mol. The zero-order valence-corrected chi connectivity index (χ0v) is 15.2. The molecule has 1 heterocycles. The van der Waals surface area contributed by atoms with Crippen LogP contribution in [0.1, 0.15) is 42.3 Å². The van der Waals surface area contributed by atoms with Crippen molar-refractivity contribution in [2.45, 2.75) is 39.2 Å². The highest BCUT2D eigenvalue weighted by Crippen LogP contribution is 2.16. The summed E-state index contributed by atoms with van der Waals surface area (Å²) in [6.07, 6.45) is 2.27. The summed E-state index contributed by atoms with van der Waals surface area (Å²) in [6, 6.07) is 12.9. The topological polar surface area (TPSA) is 72.1 Å². The maximum Gasteiger partial charge on any atom is 0.310 e. The summed E-state index contributed by atoms with van der Waals surface area (Å²) >= 11 is 0. The Balaban J connectivity index is 1.64. The molecule has 0 aliphatic rings. The maximum absolute atomic E-state index is 12.5. The fraction of sp³-hybridized carbons (Fsp3) is 0.286. The van der Waals surface area contributed by atoms with Gasteiger partial charge in [-0.05, 0) is 44.0 Å². The van der Waals surface area contributed by atoms with E-state index in [4.69, 9.17) is 4.74 Å². The average molecular weight is 350 g/mol. The number of H-pyrrole nitrogens is 1. The number of Topliss-reactive ketones (excluding diaryl/α,β-unsaturated/α-hetero) is 1. The van der Waals surface area contributed by atoms with Gasteiger partial charge in [-0.1, -0.05) is 30.3 Å². The Hall–Kier alpha value is -2.95. The van der Waals surface area contributed by atoms with E-state index in [1.54, 1.807) is 30.5 Å². The number of aromatic nitrogens is 2. The molecule has 0 radical (unpaired) electrons. The number of hydrogen-bond acceptors (Lipinski definition) is 4. The Morgan fingerprint density at radius 1 is 1.00 bits per heavy atom. The molecule has 5 heteroatoms. The van der Waals surface area contributed by atoms with Crippen LogP contribution in [0.5, 0.6) is 0 Å². The van der Waals surface area contributed by atoms with Crippen molar-refractivity contribution < 1.29 is 14.3 Å². The molecule has 0 bridgehead atoms.